The first-order chi connectivity index (χ1) is 9.40. The predicted octanol–water partition coefficient (Wildman–Crippen LogP) is 4.72. The lowest BCUT2D eigenvalue weighted by Crippen LogP contribution is -2.09. The molecule has 2 aromatic rings. The van der Waals surface area contributed by atoms with E-state index in [0.717, 1.165) is 10.5 Å². The summed E-state index contributed by atoms with van der Waals surface area (Å²) in [7, 11) is 0. The van der Waals surface area contributed by atoms with Gasteiger partial charge in [0.2, 0.25) is 0 Å². The molecular weight excluding hydrogens is 335 g/mol. The summed E-state index contributed by atoms with van der Waals surface area (Å²) in [5, 5.41) is 0. The third kappa shape index (κ3) is 3.52. The van der Waals surface area contributed by atoms with Gasteiger partial charge in [0, 0.05) is 11.0 Å². The number of rotatable bonds is 3. The average Bonchev–Trinajstić information content (AvgIpc) is 2.40. The maximum atomic E-state index is 13.0. The number of alkyl halides is 3. The molecule has 0 aliphatic rings. The Morgan fingerprint density at radius 3 is 2.25 bits per heavy atom. The monoisotopic (exact) mass is 345 g/mol. The molecule has 0 saturated heterocycles. The molecule has 2 aromatic carbocycles. The fourth-order valence-corrected chi connectivity index (χ4v) is 1.91. The number of benzene rings is 2. The lowest BCUT2D eigenvalue weighted by atomic mass is 10.1. The Hall–Kier alpha value is -1.53. The van der Waals surface area contributed by atoms with Crippen LogP contribution in [-0.2, 0) is 12.7 Å². The first-order valence-corrected chi connectivity index (χ1v) is 6.53. The van der Waals surface area contributed by atoms with Crippen molar-refractivity contribution in [3.63, 3.8) is 0 Å². The van der Waals surface area contributed by atoms with E-state index in [2.05, 4.69) is 15.9 Å². The van der Waals surface area contributed by atoms with Gasteiger partial charge in [-0.15, -0.1) is 0 Å². The molecule has 0 amide bonds. The molecule has 0 saturated carbocycles. The van der Waals surface area contributed by atoms with Crippen molar-refractivity contribution in [2.45, 2.75) is 12.7 Å². The lowest BCUT2D eigenvalue weighted by molar-refractivity contribution is -0.138. The second kappa shape index (κ2) is 5.85. The van der Waals surface area contributed by atoms with Crippen LogP contribution in [0.2, 0.25) is 0 Å². The Kier molecular flexibility index (Phi) is 4.35. The highest BCUT2D eigenvalue weighted by Gasteiger charge is 2.34. The standard InChI is InChI=1S/C14H11BrF3NO/c15-10-2-4-11(5-3-10)20-13-6-1-9(8-19)7-12(13)14(16,17)18/h1-7H,8,19H2. The lowest BCUT2D eigenvalue weighted by Gasteiger charge is -2.15. The van der Waals surface area contributed by atoms with Crippen molar-refractivity contribution in [1.29, 1.82) is 0 Å². The molecule has 6 heteroatoms. The molecule has 0 heterocycles. The van der Waals surface area contributed by atoms with Gasteiger partial charge in [-0.25, -0.2) is 0 Å². The van der Waals surface area contributed by atoms with Crippen LogP contribution >= 0.6 is 15.9 Å². The van der Waals surface area contributed by atoms with Crippen LogP contribution in [0.25, 0.3) is 0 Å². The Bertz CT molecular complexity index is 596. The van der Waals surface area contributed by atoms with Gasteiger partial charge in [0.1, 0.15) is 11.5 Å². The molecular formula is C14H11BrF3NO. The molecule has 106 valence electrons. The van der Waals surface area contributed by atoms with E-state index in [4.69, 9.17) is 10.5 Å². The zero-order valence-corrected chi connectivity index (χ0v) is 11.8. The minimum absolute atomic E-state index is 0.0433. The fraction of sp³-hybridized carbons (Fsp3) is 0.143. The Morgan fingerprint density at radius 2 is 1.70 bits per heavy atom. The fourth-order valence-electron chi connectivity index (χ4n) is 1.64. The quantitative estimate of drug-likeness (QED) is 0.873. The Balaban J connectivity index is 2.38. The molecule has 0 aliphatic carbocycles. The zero-order chi connectivity index (χ0) is 14.8. The minimum Gasteiger partial charge on any atom is -0.457 e. The van der Waals surface area contributed by atoms with Gasteiger partial charge in [-0.1, -0.05) is 22.0 Å². The number of halogens is 4. The van der Waals surface area contributed by atoms with E-state index < -0.39 is 11.7 Å². The molecule has 0 fully saturated rings. The van der Waals surface area contributed by atoms with E-state index >= 15 is 0 Å². The van der Waals surface area contributed by atoms with E-state index in [-0.39, 0.29) is 12.3 Å². The molecule has 0 unspecified atom stereocenters. The molecule has 0 aliphatic heterocycles. The van der Waals surface area contributed by atoms with Crippen LogP contribution in [0.4, 0.5) is 13.2 Å². The van der Waals surface area contributed by atoms with Crippen molar-refractivity contribution in [3.05, 3.63) is 58.1 Å². The van der Waals surface area contributed by atoms with Crippen LogP contribution in [0, 0.1) is 0 Å². The van der Waals surface area contributed by atoms with Crippen molar-refractivity contribution in [1.82, 2.24) is 0 Å². The second-order valence-corrected chi connectivity index (χ2v) is 5.00. The van der Waals surface area contributed by atoms with Crippen molar-refractivity contribution in [3.8, 4) is 11.5 Å². The van der Waals surface area contributed by atoms with Crippen LogP contribution in [0.5, 0.6) is 11.5 Å². The Morgan fingerprint density at radius 1 is 1.05 bits per heavy atom. The maximum Gasteiger partial charge on any atom is 0.419 e. The molecule has 2 N–H and O–H groups in total. The first kappa shape index (κ1) is 14.9. The number of hydrogen-bond acceptors (Lipinski definition) is 2. The van der Waals surface area contributed by atoms with Gasteiger partial charge in [0.25, 0.3) is 0 Å². The largest absolute Gasteiger partial charge is 0.457 e. The summed E-state index contributed by atoms with van der Waals surface area (Å²) in [4.78, 5) is 0. The normalized spacial score (nSPS) is 11.4. The van der Waals surface area contributed by atoms with Gasteiger partial charge in [-0.3, -0.25) is 0 Å². The number of nitrogens with two attached hydrogens (primary N) is 1. The molecule has 0 atom stereocenters. The van der Waals surface area contributed by atoms with Gasteiger partial charge in [0.05, 0.1) is 5.56 Å². The van der Waals surface area contributed by atoms with Crippen LogP contribution in [-0.4, -0.2) is 0 Å². The molecule has 2 nitrogen and oxygen atoms in total. The number of ether oxygens (including phenoxy) is 1. The summed E-state index contributed by atoms with van der Waals surface area (Å²) in [6.45, 7) is 0.0433. The van der Waals surface area contributed by atoms with E-state index in [1.807, 2.05) is 0 Å². The highest BCUT2D eigenvalue weighted by atomic mass is 79.9. The van der Waals surface area contributed by atoms with E-state index in [9.17, 15) is 13.2 Å². The highest BCUT2D eigenvalue weighted by Crippen LogP contribution is 2.38. The molecule has 2 rings (SSSR count). The van der Waals surface area contributed by atoms with Crippen molar-refractivity contribution < 1.29 is 17.9 Å². The van der Waals surface area contributed by atoms with Crippen molar-refractivity contribution in [2.75, 3.05) is 0 Å². The van der Waals surface area contributed by atoms with Gasteiger partial charge >= 0.3 is 6.18 Å². The van der Waals surface area contributed by atoms with Gasteiger partial charge in [-0.05, 0) is 42.0 Å². The van der Waals surface area contributed by atoms with E-state index in [1.165, 1.54) is 12.1 Å². The molecule has 0 radical (unpaired) electrons. The van der Waals surface area contributed by atoms with Gasteiger partial charge < -0.3 is 10.5 Å². The summed E-state index contributed by atoms with van der Waals surface area (Å²) >= 11 is 3.25. The van der Waals surface area contributed by atoms with Crippen LogP contribution in [0.3, 0.4) is 0 Å². The summed E-state index contributed by atoms with van der Waals surface area (Å²) in [6.07, 6.45) is -4.49. The smallest absolute Gasteiger partial charge is 0.419 e. The zero-order valence-electron chi connectivity index (χ0n) is 10.2. The topological polar surface area (TPSA) is 35.2 Å². The second-order valence-electron chi connectivity index (χ2n) is 4.09. The highest BCUT2D eigenvalue weighted by molar-refractivity contribution is 9.10. The summed E-state index contributed by atoms with van der Waals surface area (Å²) in [5.74, 6) is 0.0937. The SMILES string of the molecule is NCc1ccc(Oc2ccc(Br)cc2)c(C(F)(F)F)c1. The molecule has 0 spiro atoms. The summed E-state index contributed by atoms with van der Waals surface area (Å²) in [6, 6.07) is 10.4. The summed E-state index contributed by atoms with van der Waals surface area (Å²) in [5.41, 5.74) is 4.94. The third-order valence-corrected chi connectivity index (χ3v) is 3.16. The Labute approximate surface area is 122 Å². The van der Waals surface area contributed by atoms with Gasteiger partial charge in [-0.2, -0.15) is 13.2 Å². The summed E-state index contributed by atoms with van der Waals surface area (Å²) < 4.78 is 45.1. The maximum absolute atomic E-state index is 13.0. The van der Waals surface area contributed by atoms with E-state index in [0.29, 0.717) is 11.3 Å². The van der Waals surface area contributed by atoms with Crippen LogP contribution in [0.15, 0.2) is 46.9 Å². The van der Waals surface area contributed by atoms with Crippen LogP contribution in [0.1, 0.15) is 11.1 Å². The number of hydrogen-bond donors (Lipinski definition) is 1. The molecule has 20 heavy (non-hydrogen) atoms. The molecule has 0 bridgehead atoms. The van der Waals surface area contributed by atoms with Crippen molar-refractivity contribution in [2.24, 2.45) is 5.73 Å². The van der Waals surface area contributed by atoms with Crippen molar-refractivity contribution >= 4 is 15.9 Å². The van der Waals surface area contributed by atoms with Gasteiger partial charge in [0.15, 0.2) is 0 Å². The molecule has 0 aromatic heterocycles. The minimum atomic E-state index is -4.49. The average molecular weight is 346 g/mol. The van der Waals surface area contributed by atoms with E-state index in [1.54, 1.807) is 24.3 Å². The predicted molar refractivity (Wildman–Crippen MR) is 73.6 cm³/mol. The third-order valence-electron chi connectivity index (χ3n) is 2.63. The first-order valence-electron chi connectivity index (χ1n) is 5.74. The van der Waals surface area contributed by atoms with Crippen LogP contribution < -0.4 is 10.5 Å².